The monoisotopic (exact) mass is 345 g/mol. The lowest BCUT2D eigenvalue weighted by Gasteiger charge is -2.54. The van der Waals surface area contributed by atoms with E-state index in [-0.39, 0.29) is 23.8 Å². The Morgan fingerprint density at radius 3 is 2.57 bits per heavy atom. The first kappa shape index (κ1) is 17.0. The number of carbonyl (C=O) groups excluding carboxylic acids is 2. The summed E-state index contributed by atoms with van der Waals surface area (Å²) in [6.07, 6.45) is 6.43. The van der Waals surface area contributed by atoms with Crippen molar-refractivity contribution in [1.82, 2.24) is 9.21 Å². The highest BCUT2D eigenvalue weighted by atomic mass is 32.2. The smallest absolute Gasteiger partial charge is 0.340 e. The predicted molar refractivity (Wildman–Crippen MR) is 85.0 cm³/mol. The van der Waals surface area contributed by atoms with E-state index in [1.807, 2.05) is 0 Å². The average Bonchev–Trinajstić information content (AvgIpc) is 2.74. The van der Waals surface area contributed by atoms with Gasteiger partial charge in [0.25, 0.3) is 5.91 Å². The van der Waals surface area contributed by atoms with Crippen molar-refractivity contribution in [1.29, 1.82) is 0 Å². The predicted octanol–water partition coefficient (Wildman–Crippen LogP) is 2.24. The maximum atomic E-state index is 13.0. The van der Waals surface area contributed by atoms with E-state index < -0.39 is 18.0 Å². The minimum Gasteiger partial charge on any atom is -0.385 e. The Bertz CT molecular complexity index is 477. The van der Waals surface area contributed by atoms with E-state index in [1.165, 1.54) is 0 Å². The topological polar surface area (TPSA) is 75.9 Å². The summed E-state index contributed by atoms with van der Waals surface area (Å²) in [6, 6.07) is -0.794. The molecule has 8 heteroatoms. The summed E-state index contributed by atoms with van der Waals surface area (Å²) in [5, 5.41) is 0. The lowest BCUT2D eigenvalue weighted by atomic mass is 9.57. The van der Waals surface area contributed by atoms with Gasteiger partial charge in [0.05, 0.1) is 0 Å². The molecule has 3 aliphatic rings. The van der Waals surface area contributed by atoms with Gasteiger partial charge in [0.15, 0.2) is 12.3 Å². The number of hydrogen-bond acceptors (Lipinski definition) is 5. The number of hydrogen-bond donors (Lipinski definition) is 1. The molecule has 3 amide bonds. The van der Waals surface area contributed by atoms with Gasteiger partial charge in [0.1, 0.15) is 6.04 Å². The highest BCUT2D eigenvalue weighted by molar-refractivity contribution is 7.93. The first-order valence-corrected chi connectivity index (χ1v) is 8.88. The minimum atomic E-state index is -0.598. The van der Waals surface area contributed by atoms with Gasteiger partial charge in [-0.25, -0.2) is 4.79 Å². The fourth-order valence-corrected chi connectivity index (χ4v) is 4.69. The van der Waals surface area contributed by atoms with Crippen LogP contribution in [0.25, 0.3) is 0 Å². The standard InChI is InChI=1S/C15H24FN3O3S/c1-22-7-4-12-13(20)19(23-16)14(21)18(12)11-8-15(9-11)5-2-10(17)3-6-15/h10-12H,2-9,17H2,1H3/t10?,11?,12-,15?/m0/s1. The Hall–Kier alpha value is -0.860. The van der Waals surface area contributed by atoms with Crippen LogP contribution >= 0.6 is 12.3 Å². The van der Waals surface area contributed by atoms with Crippen LogP contribution in [-0.4, -0.2) is 53.0 Å². The van der Waals surface area contributed by atoms with E-state index in [4.69, 9.17) is 10.5 Å². The Morgan fingerprint density at radius 1 is 1.35 bits per heavy atom. The maximum Gasteiger partial charge on any atom is 0.340 e. The van der Waals surface area contributed by atoms with Crippen LogP contribution in [0.3, 0.4) is 0 Å². The lowest BCUT2D eigenvalue weighted by Crippen LogP contribution is -2.56. The number of carbonyl (C=O) groups is 2. The van der Waals surface area contributed by atoms with Crippen molar-refractivity contribution in [3.05, 3.63) is 0 Å². The molecule has 130 valence electrons. The van der Waals surface area contributed by atoms with Crippen molar-refractivity contribution < 1.29 is 18.2 Å². The Labute approximate surface area is 140 Å². The number of urea groups is 1. The molecule has 1 atom stereocenters. The van der Waals surface area contributed by atoms with Crippen LogP contribution < -0.4 is 5.73 Å². The minimum absolute atomic E-state index is 0.0276. The second-order valence-electron chi connectivity index (χ2n) is 7.09. The van der Waals surface area contributed by atoms with Crippen LogP contribution in [-0.2, 0) is 9.53 Å². The van der Waals surface area contributed by atoms with Crippen molar-refractivity contribution >= 4 is 24.3 Å². The molecule has 1 aliphatic heterocycles. The normalized spacial score (nSPS) is 37.6. The van der Waals surface area contributed by atoms with Gasteiger partial charge in [-0.2, -0.15) is 4.31 Å². The van der Waals surface area contributed by atoms with Crippen LogP contribution in [0.2, 0.25) is 0 Å². The quantitative estimate of drug-likeness (QED) is 0.611. The summed E-state index contributed by atoms with van der Waals surface area (Å²) in [5.41, 5.74) is 6.24. The molecular formula is C15H24FN3O3S. The lowest BCUT2D eigenvalue weighted by molar-refractivity contribution is -0.126. The fraction of sp³-hybridized carbons (Fsp3) is 0.867. The molecule has 2 aliphatic carbocycles. The third-order valence-electron chi connectivity index (χ3n) is 5.70. The van der Waals surface area contributed by atoms with Crippen molar-refractivity contribution in [2.75, 3.05) is 13.7 Å². The van der Waals surface area contributed by atoms with E-state index in [9.17, 15) is 13.5 Å². The number of rotatable bonds is 5. The maximum absolute atomic E-state index is 13.0. The number of amides is 3. The van der Waals surface area contributed by atoms with Crippen LogP contribution in [0.1, 0.15) is 44.9 Å². The zero-order valence-corrected chi connectivity index (χ0v) is 14.2. The van der Waals surface area contributed by atoms with E-state index in [2.05, 4.69) is 0 Å². The summed E-state index contributed by atoms with van der Waals surface area (Å²) < 4.78 is 18.6. The van der Waals surface area contributed by atoms with Gasteiger partial charge in [0.2, 0.25) is 0 Å². The molecule has 2 N–H and O–H groups in total. The van der Waals surface area contributed by atoms with Crippen LogP contribution in [0, 0.1) is 5.41 Å². The highest BCUT2D eigenvalue weighted by Gasteiger charge is 2.55. The summed E-state index contributed by atoms with van der Waals surface area (Å²) in [6.45, 7) is 0.373. The average molecular weight is 345 g/mol. The van der Waals surface area contributed by atoms with Gasteiger partial charge in [-0.15, -0.1) is 3.89 Å². The van der Waals surface area contributed by atoms with Gasteiger partial charge in [-0.3, -0.25) is 4.79 Å². The number of imide groups is 1. The first-order valence-electron chi connectivity index (χ1n) is 8.21. The molecular weight excluding hydrogens is 321 g/mol. The van der Waals surface area contributed by atoms with E-state index >= 15 is 0 Å². The molecule has 6 nitrogen and oxygen atoms in total. The van der Waals surface area contributed by atoms with Crippen LogP contribution in [0.4, 0.5) is 8.68 Å². The molecule has 2 saturated carbocycles. The van der Waals surface area contributed by atoms with Crippen molar-refractivity contribution in [3.63, 3.8) is 0 Å². The van der Waals surface area contributed by atoms with Gasteiger partial charge >= 0.3 is 6.03 Å². The van der Waals surface area contributed by atoms with Crippen molar-refractivity contribution in [2.45, 2.75) is 63.1 Å². The SMILES string of the molecule is COCC[C@H]1C(=O)N(SF)C(=O)N1C1CC2(CCC(N)CC2)C1. The molecule has 3 rings (SSSR count). The highest BCUT2D eigenvalue weighted by Crippen LogP contribution is 2.54. The third-order valence-corrected chi connectivity index (χ3v) is 6.18. The van der Waals surface area contributed by atoms with Gasteiger partial charge < -0.3 is 15.4 Å². The molecule has 0 radical (unpaired) electrons. The summed E-state index contributed by atoms with van der Waals surface area (Å²) in [5.74, 6) is -0.467. The zero-order valence-electron chi connectivity index (χ0n) is 13.4. The second kappa shape index (κ2) is 6.57. The molecule has 1 spiro atoms. The largest absolute Gasteiger partial charge is 0.385 e. The van der Waals surface area contributed by atoms with Crippen molar-refractivity contribution in [3.8, 4) is 0 Å². The Balaban J connectivity index is 1.68. The number of ether oxygens (including phenoxy) is 1. The molecule has 1 heterocycles. The second-order valence-corrected chi connectivity index (χ2v) is 7.59. The van der Waals surface area contributed by atoms with Gasteiger partial charge in [0, 0.05) is 32.2 Å². The molecule has 0 bridgehead atoms. The number of methoxy groups -OCH3 is 1. The number of nitrogens with two attached hydrogens (primary N) is 1. The molecule has 0 aromatic carbocycles. The fourth-order valence-electron chi connectivity index (χ4n) is 4.35. The summed E-state index contributed by atoms with van der Waals surface area (Å²) in [7, 11) is 1.55. The zero-order chi connectivity index (χ0) is 16.6. The van der Waals surface area contributed by atoms with Crippen molar-refractivity contribution in [2.24, 2.45) is 11.1 Å². The van der Waals surface area contributed by atoms with Gasteiger partial charge in [-0.05, 0) is 43.9 Å². The molecule has 0 aromatic rings. The Morgan fingerprint density at radius 2 is 2.00 bits per heavy atom. The summed E-state index contributed by atoms with van der Waals surface area (Å²) >= 11 is -0.296. The molecule has 0 aromatic heterocycles. The van der Waals surface area contributed by atoms with Crippen LogP contribution in [0.5, 0.6) is 0 Å². The molecule has 23 heavy (non-hydrogen) atoms. The summed E-state index contributed by atoms with van der Waals surface area (Å²) in [4.78, 5) is 26.2. The third kappa shape index (κ3) is 2.96. The van der Waals surface area contributed by atoms with E-state index in [1.54, 1.807) is 12.0 Å². The first-order chi connectivity index (χ1) is 11.0. The van der Waals surface area contributed by atoms with Crippen LogP contribution in [0.15, 0.2) is 0 Å². The molecule has 3 fully saturated rings. The number of nitrogens with zero attached hydrogens (tertiary/aromatic N) is 2. The Kier molecular flexibility index (Phi) is 4.85. The van der Waals surface area contributed by atoms with E-state index in [0.717, 1.165) is 38.5 Å². The molecule has 1 saturated heterocycles. The molecule has 0 unspecified atom stereocenters. The van der Waals surface area contributed by atoms with Gasteiger partial charge in [-0.1, -0.05) is 0 Å². The number of halogens is 1. The van der Waals surface area contributed by atoms with E-state index in [0.29, 0.717) is 23.4 Å².